The number of hydroxylamine groups is 1. The molecule has 0 heterocycles. The maximum atomic E-state index is 12.2. The van der Waals surface area contributed by atoms with E-state index in [1.54, 1.807) is 5.48 Å². The molecule has 0 saturated heterocycles. The Labute approximate surface area is 165 Å². The van der Waals surface area contributed by atoms with Crippen LogP contribution in [0.2, 0.25) is 0 Å². The van der Waals surface area contributed by atoms with E-state index in [-0.39, 0.29) is 0 Å². The predicted octanol–water partition coefficient (Wildman–Crippen LogP) is 4.79. The van der Waals surface area contributed by atoms with Crippen LogP contribution >= 0.6 is 0 Å². The summed E-state index contributed by atoms with van der Waals surface area (Å²) in [4.78, 5) is 12.2. The smallest absolute Gasteiger partial charge is 0.255 e. The van der Waals surface area contributed by atoms with Gasteiger partial charge >= 0.3 is 0 Å². The molecule has 3 aromatic rings. The van der Waals surface area contributed by atoms with E-state index < -0.39 is 17.2 Å². The lowest BCUT2D eigenvalue weighted by Crippen LogP contribution is -2.27. The molecule has 0 bridgehead atoms. The molecule has 3 aromatic carbocycles. The standard InChI is InChI=1S/C24H22N2O2/c1-24(2,16-25)21-14-12-18(13-15-21)17-8-10-20(11-9-17)22(23(27)26-28)19-6-4-3-5-7-19/h3-15,22,28H,1-2H3,(H,26,27). The number of hydrogen-bond acceptors (Lipinski definition) is 3. The zero-order chi connectivity index (χ0) is 20.1. The number of nitrogens with one attached hydrogen (secondary N) is 1. The lowest BCUT2D eigenvalue weighted by molar-refractivity contribution is -0.129. The maximum absolute atomic E-state index is 12.2. The summed E-state index contributed by atoms with van der Waals surface area (Å²) in [5, 5.41) is 18.4. The van der Waals surface area contributed by atoms with E-state index in [0.717, 1.165) is 27.8 Å². The van der Waals surface area contributed by atoms with Gasteiger partial charge in [-0.3, -0.25) is 10.0 Å². The Morgan fingerprint density at radius 1 is 0.893 bits per heavy atom. The van der Waals surface area contributed by atoms with Gasteiger partial charge in [-0.2, -0.15) is 5.26 Å². The van der Waals surface area contributed by atoms with Crippen molar-refractivity contribution in [2.45, 2.75) is 25.2 Å². The molecule has 0 saturated carbocycles. The van der Waals surface area contributed by atoms with Crippen LogP contribution in [0.25, 0.3) is 11.1 Å². The SMILES string of the molecule is CC(C)(C#N)c1ccc(-c2ccc(C(C(=O)NO)c3ccccc3)cc2)cc1. The number of benzene rings is 3. The Morgan fingerprint density at radius 2 is 1.39 bits per heavy atom. The molecule has 0 aromatic heterocycles. The summed E-state index contributed by atoms with van der Waals surface area (Å²) in [7, 11) is 0. The molecule has 1 amide bonds. The Kier molecular flexibility index (Phi) is 5.58. The van der Waals surface area contributed by atoms with Crippen molar-refractivity contribution >= 4 is 5.91 Å². The van der Waals surface area contributed by atoms with Crippen molar-refractivity contribution in [1.82, 2.24) is 5.48 Å². The van der Waals surface area contributed by atoms with Crippen LogP contribution in [0.5, 0.6) is 0 Å². The quantitative estimate of drug-likeness (QED) is 0.501. The highest BCUT2D eigenvalue weighted by atomic mass is 16.5. The second-order valence-corrected chi connectivity index (χ2v) is 7.26. The van der Waals surface area contributed by atoms with Gasteiger partial charge in [0.2, 0.25) is 0 Å². The van der Waals surface area contributed by atoms with Crippen LogP contribution in [-0.4, -0.2) is 11.1 Å². The number of carbonyl (C=O) groups is 1. The fraction of sp³-hybridized carbons (Fsp3) is 0.167. The van der Waals surface area contributed by atoms with E-state index >= 15 is 0 Å². The Balaban J connectivity index is 1.90. The van der Waals surface area contributed by atoms with Crippen LogP contribution in [0.1, 0.15) is 36.5 Å². The van der Waals surface area contributed by atoms with Gasteiger partial charge in [-0.05, 0) is 41.7 Å². The minimum atomic E-state index is -0.584. The van der Waals surface area contributed by atoms with Gasteiger partial charge in [-0.15, -0.1) is 0 Å². The zero-order valence-electron chi connectivity index (χ0n) is 15.9. The highest BCUT2D eigenvalue weighted by Crippen LogP contribution is 2.29. The minimum Gasteiger partial charge on any atom is -0.289 e. The number of nitrogens with zero attached hydrogens (tertiary/aromatic N) is 1. The molecule has 0 fully saturated rings. The second kappa shape index (κ2) is 8.08. The fourth-order valence-electron chi connectivity index (χ4n) is 3.22. The first kappa shape index (κ1) is 19.3. The Morgan fingerprint density at radius 3 is 1.89 bits per heavy atom. The lowest BCUT2D eigenvalue weighted by Gasteiger charge is -2.17. The van der Waals surface area contributed by atoms with Gasteiger partial charge in [-0.25, -0.2) is 5.48 Å². The monoisotopic (exact) mass is 370 g/mol. The van der Waals surface area contributed by atoms with E-state index in [4.69, 9.17) is 5.21 Å². The highest BCUT2D eigenvalue weighted by molar-refractivity contribution is 5.86. The second-order valence-electron chi connectivity index (χ2n) is 7.26. The third-order valence-electron chi connectivity index (χ3n) is 4.97. The van der Waals surface area contributed by atoms with E-state index in [1.165, 1.54) is 0 Å². The van der Waals surface area contributed by atoms with Gasteiger partial charge in [0.25, 0.3) is 5.91 Å². The summed E-state index contributed by atoms with van der Waals surface area (Å²) < 4.78 is 0. The molecule has 0 radical (unpaired) electrons. The number of nitriles is 1. The van der Waals surface area contributed by atoms with Crippen molar-refractivity contribution in [2.75, 3.05) is 0 Å². The molecule has 1 atom stereocenters. The molecule has 4 nitrogen and oxygen atoms in total. The van der Waals surface area contributed by atoms with Gasteiger partial charge < -0.3 is 0 Å². The molecule has 28 heavy (non-hydrogen) atoms. The zero-order valence-corrected chi connectivity index (χ0v) is 15.9. The topological polar surface area (TPSA) is 73.1 Å². The van der Waals surface area contributed by atoms with E-state index in [1.807, 2.05) is 92.7 Å². The van der Waals surface area contributed by atoms with Crippen molar-refractivity contribution < 1.29 is 10.0 Å². The summed E-state index contributed by atoms with van der Waals surface area (Å²) in [6, 6.07) is 27.3. The summed E-state index contributed by atoms with van der Waals surface area (Å²) in [5.74, 6) is -1.05. The van der Waals surface area contributed by atoms with Crippen LogP contribution in [-0.2, 0) is 10.2 Å². The molecule has 3 rings (SSSR count). The average molecular weight is 370 g/mol. The fourth-order valence-corrected chi connectivity index (χ4v) is 3.22. The van der Waals surface area contributed by atoms with Gasteiger partial charge in [0, 0.05) is 0 Å². The van der Waals surface area contributed by atoms with Crippen molar-refractivity contribution in [3.8, 4) is 17.2 Å². The molecule has 0 aliphatic rings. The molecule has 4 heteroatoms. The van der Waals surface area contributed by atoms with Crippen LogP contribution in [0.3, 0.4) is 0 Å². The third-order valence-corrected chi connectivity index (χ3v) is 4.97. The number of carbonyl (C=O) groups excluding carboxylic acids is 1. The Hall–Kier alpha value is -3.42. The molecular formula is C24H22N2O2. The highest BCUT2D eigenvalue weighted by Gasteiger charge is 2.22. The number of hydrogen-bond donors (Lipinski definition) is 2. The van der Waals surface area contributed by atoms with Crippen LogP contribution in [0.15, 0.2) is 78.9 Å². The summed E-state index contributed by atoms with van der Waals surface area (Å²) >= 11 is 0. The van der Waals surface area contributed by atoms with Crippen molar-refractivity contribution in [3.63, 3.8) is 0 Å². The summed E-state index contributed by atoms with van der Waals surface area (Å²) in [5.41, 5.74) is 5.87. The minimum absolute atomic E-state index is 0.470. The van der Waals surface area contributed by atoms with Gasteiger partial charge in [-0.1, -0.05) is 78.9 Å². The summed E-state index contributed by atoms with van der Waals surface area (Å²) in [6.45, 7) is 3.79. The van der Waals surface area contributed by atoms with E-state index in [9.17, 15) is 10.1 Å². The average Bonchev–Trinajstić information content (AvgIpc) is 2.75. The Bertz CT molecular complexity index is 986. The maximum Gasteiger partial charge on any atom is 0.255 e. The molecule has 1 unspecified atom stereocenters. The number of amides is 1. The van der Waals surface area contributed by atoms with Gasteiger partial charge in [0.05, 0.1) is 17.4 Å². The predicted molar refractivity (Wildman–Crippen MR) is 109 cm³/mol. The molecule has 0 aliphatic heterocycles. The van der Waals surface area contributed by atoms with Crippen LogP contribution < -0.4 is 5.48 Å². The molecule has 140 valence electrons. The summed E-state index contributed by atoms with van der Waals surface area (Å²) in [6.07, 6.45) is 0. The van der Waals surface area contributed by atoms with Crippen LogP contribution in [0, 0.1) is 11.3 Å². The van der Waals surface area contributed by atoms with Gasteiger partial charge in [0.1, 0.15) is 0 Å². The third kappa shape index (κ3) is 3.95. The van der Waals surface area contributed by atoms with E-state index in [0.29, 0.717) is 0 Å². The van der Waals surface area contributed by atoms with E-state index in [2.05, 4.69) is 6.07 Å². The first-order valence-electron chi connectivity index (χ1n) is 9.07. The van der Waals surface area contributed by atoms with Crippen molar-refractivity contribution in [1.29, 1.82) is 5.26 Å². The van der Waals surface area contributed by atoms with Crippen molar-refractivity contribution in [3.05, 3.63) is 95.6 Å². The van der Waals surface area contributed by atoms with Gasteiger partial charge in [0.15, 0.2) is 0 Å². The lowest BCUT2D eigenvalue weighted by atomic mass is 9.85. The molecule has 0 spiro atoms. The first-order chi connectivity index (χ1) is 13.5. The number of rotatable bonds is 5. The normalized spacial score (nSPS) is 12.1. The largest absolute Gasteiger partial charge is 0.289 e. The molecule has 2 N–H and O–H groups in total. The molecular weight excluding hydrogens is 348 g/mol. The van der Waals surface area contributed by atoms with Crippen LogP contribution in [0.4, 0.5) is 0 Å². The molecule has 0 aliphatic carbocycles. The van der Waals surface area contributed by atoms with Crippen molar-refractivity contribution in [2.24, 2.45) is 0 Å². The first-order valence-corrected chi connectivity index (χ1v) is 9.07.